The Balaban J connectivity index is 1.29. The molecule has 0 saturated carbocycles. The summed E-state index contributed by atoms with van der Waals surface area (Å²) < 4.78 is 49.6. The first-order chi connectivity index (χ1) is 21.7. The molecule has 1 atom stereocenters. The van der Waals surface area contributed by atoms with Crippen LogP contribution in [0, 0.1) is 0 Å². The van der Waals surface area contributed by atoms with Gasteiger partial charge >= 0.3 is 6.18 Å². The number of thiazole rings is 1. The van der Waals surface area contributed by atoms with E-state index in [2.05, 4.69) is 49.3 Å². The van der Waals surface area contributed by atoms with E-state index in [0.717, 1.165) is 37.7 Å². The molecule has 45 heavy (non-hydrogen) atoms. The van der Waals surface area contributed by atoms with Crippen molar-refractivity contribution in [1.29, 1.82) is 0 Å². The molecule has 9 nitrogen and oxygen atoms in total. The molecule has 1 fully saturated rings. The molecule has 13 heteroatoms. The number of benzene rings is 2. The van der Waals surface area contributed by atoms with Gasteiger partial charge in [-0.3, -0.25) is 4.79 Å². The number of likely N-dealkylation sites (tertiary alicyclic amines) is 1. The van der Waals surface area contributed by atoms with Crippen molar-refractivity contribution in [2.45, 2.75) is 24.9 Å². The Hall–Kier alpha value is -4.88. The maximum absolute atomic E-state index is 14.4. The zero-order valence-electron chi connectivity index (χ0n) is 24.0. The summed E-state index contributed by atoms with van der Waals surface area (Å²) in [5.74, 6) is 0.890. The smallest absolute Gasteiger partial charge is 0.417 e. The number of rotatable bonds is 6. The summed E-state index contributed by atoms with van der Waals surface area (Å²) in [6.07, 6.45) is 3.03. The maximum atomic E-state index is 14.4. The minimum absolute atomic E-state index is 0.164. The number of oxazole rings is 1. The van der Waals surface area contributed by atoms with Gasteiger partial charge in [-0.15, -0.1) is 11.3 Å². The average molecular weight is 630 g/mol. The number of aromatic nitrogens is 5. The maximum Gasteiger partial charge on any atom is 0.417 e. The Morgan fingerprint density at radius 3 is 2.60 bits per heavy atom. The van der Waals surface area contributed by atoms with Gasteiger partial charge in [0, 0.05) is 46.5 Å². The van der Waals surface area contributed by atoms with Crippen molar-refractivity contribution in [3.8, 4) is 27.6 Å². The summed E-state index contributed by atoms with van der Waals surface area (Å²) in [4.78, 5) is 33.5. The first-order valence-corrected chi connectivity index (χ1v) is 15.1. The third-order valence-electron chi connectivity index (χ3n) is 7.95. The van der Waals surface area contributed by atoms with Crippen molar-refractivity contribution >= 4 is 34.0 Å². The second-order valence-corrected chi connectivity index (χ2v) is 11.8. The minimum Gasteiger partial charge on any atom is -0.444 e. The number of hydrogen-bond acceptors (Lipinski definition) is 9. The van der Waals surface area contributed by atoms with E-state index < -0.39 is 17.3 Å². The Labute approximate surface area is 259 Å². The number of alkyl halides is 3. The molecular formula is C32H26F3N7O2S. The van der Waals surface area contributed by atoms with Gasteiger partial charge in [-0.05, 0) is 67.7 Å². The number of anilines is 2. The highest BCUT2D eigenvalue weighted by Gasteiger charge is 2.35. The summed E-state index contributed by atoms with van der Waals surface area (Å²) in [6, 6.07) is 13.2. The van der Waals surface area contributed by atoms with E-state index >= 15 is 0 Å². The lowest BCUT2D eigenvalue weighted by Crippen LogP contribution is -2.30. The number of piperidine rings is 1. The number of hydrogen-bond donors (Lipinski definition) is 1. The fraction of sp³-hybridized carbons (Fsp3) is 0.219. The van der Waals surface area contributed by atoms with Crippen LogP contribution in [0.15, 0.2) is 88.1 Å². The number of nitrogens with one attached hydrogen (secondary N) is 1. The van der Waals surface area contributed by atoms with Crippen LogP contribution >= 0.6 is 11.3 Å². The molecule has 2 aromatic carbocycles. The monoisotopic (exact) mass is 629 g/mol. The van der Waals surface area contributed by atoms with Gasteiger partial charge in [-0.2, -0.15) is 18.2 Å². The van der Waals surface area contributed by atoms with Crippen LogP contribution in [-0.4, -0.2) is 49.5 Å². The lowest BCUT2D eigenvalue weighted by atomic mass is 9.91. The quantitative estimate of drug-likeness (QED) is 0.208. The topological polar surface area (TPSA) is 102 Å². The highest BCUT2D eigenvalue weighted by Crippen LogP contribution is 2.39. The van der Waals surface area contributed by atoms with Crippen molar-refractivity contribution in [1.82, 2.24) is 29.4 Å². The Bertz CT molecular complexity index is 2030. The first-order valence-electron chi connectivity index (χ1n) is 14.2. The van der Waals surface area contributed by atoms with Crippen LogP contribution in [0.4, 0.5) is 24.8 Å². The lowest BCUT2D eigenvalue weighted by Gasteiger charge is -2.30. The summed E-state index contributed by atoms with van der Waals surface area (Å²) in [5.41, 5.74) is 0.305. The first kappa shape index (κ1) is 28.9. The Morgan fingerprint density at radius 2 is 1.89 bits per heavy atom. The Kier molecular flexibility index (Phi) is 7.42. The van der Waals surface area contributed by atoms with Crippen molar-refractivity contribution in [2.75, 3.05) is 25.5 Å². The van der Waals surface area contributed by atoms with Gasteiger partial charge in [0.1, 0.15) is 0 Å². The molecule has 1 aliphatic heterocycles. The van der Waals surface area contributed by atoms with Crippen molar-refractivity contribution < 1.29 is 17.6 Å². The number of likely N-dealkylation sites (N-methyl/N-ethyl adjacent to an activating group) is 1. The molecular weight excluding hydrogens is 603 g/mol. The third kappa shape index (κ3) is 5.71. The lowest BCUT2D eigenvalue weighted by molar-refractivity contribution is -0.137. The third-order valence-corrected chi connectivity index (χ3v) is 8.70. The van der Waals surface area contributed by atoms with Crippen molar-refractivity contribution in [3.05, 3.63) is 100 Å². The van der Waals surface area contributed by atoms with Gasteiger partial charge in [-0.1, -0.05) is 24.3 Å². The van der Waals surface area contributed by atoms with Gasteiger partial charge in [0.25, 0.3) is 5.56 Å². The molecule has 0 aliphatic carbocycles. The predicted octanol–water partition coefficient (Wildman–Crippen LogP) is 7.13. The fourth-order valence-corrected chi connectivity index (χ4v) is 6.43. The van der Waals surface area contributed by atoms with Crippen LogP contribution in [0.25, 0.3) is 38.6 Å². The molecule has 1 aliphatic rings. The molecule has 0 spiro atoms. The predicted molar refractivity (Wildman–Crippen MR) is 166 cm³/mol. The molecule has 0 amide bonds. The van der Waals surface area contributed by atoms with E-state index in [1.807, 2.05) is 12.1 Å². The van der Waals surface area contributed by atoms with E-state index in [1.165, 1.54) is 64.7 Å². The number of fused-ring (bicyclic) bond motifs is 1. The second kappa shape index (κ2) is 11.6. The van der Waals surface area contributed by atoms with Crippen LogP contribution in [0.1, 0.15) is 29.9 Å². The molecule has 0 radical (unpaired) electrons. The molecule has 4 aromatic heterocycles. The summed E-state index contributed by atoms with van der Waals surface area (Å²) in [6.45, 7) is 2.13. The number of pyridine rings is 1. The summed E-state index contributed by atoms with van der Waals surface area (Å²) >= 11 is 1.17. The fourth-order valence-electron chi connectivity index (χ4n) is 5.79. The van der Waals surface area contributed by atoms with Crippen molar-refractivity contribution in [3.63, 3.8) is 0 Å². The van der Waals surface area contributed by atoms with Crippen LogP contribution in [0.3, 0.4) is 0 Å². The normalized spacial score (nSPS) is 15.9. The number of halogens is 3. The largest absolute Gasteiger partial charge is 0.444 e. The summed E-state index contributed by atoms with van der Waals surface area (Å²) in [7, 11) is 2.14. The zero-order chi connectivity index (χ0) is 31.1. The average Bonchev–Trinajstić information content (AvgIpc) is 3.76. The van der Waals surface area contributed by atoms with Crippen LogP contribution in [0.5, 0.6) is 0 Å². The zero-order valence-corrected chi connectivity index (χ0v) is 24.8. The van der Waals surface area contributed by atoms with E-state index in [1.54, 1.807) is 5.38 Å². The highest BCUT2D eigenvalue weighted by atomic mass is 32.1. The molecule has 1 N–H and O–H groups in total. The van der Waals surface area contributed by atoms with Crippen LogP contribution in [0.2, 0.25) is 0 Å². The van der Waals surface area contributed by atoms with Gasteiger partial charge in [0.05, 0.1) is 11.8 Å². The molecule has 7 rings (SSSR count). The molecule has 0 bridgehead atoms. The molecule has 5 heterocycles. The number of nitrogens with zero attached hydrogens (tertiary/aromatic N) is 6. The second-order valence-electron chi connectivity index (χ2n) is 11.0. The van der Waals surface area contributed by atoms with E-state index in [9.17, 15) is 18.0 Å². The molecule has 1 saturated heterocycles. The highest BCUT2D eigenvalue weighted by molar-refractivity contribution is 7.12. The van der Waals surface area contributed by atoms with Gasteiger partial charge in [0.2, 0.25) is 5.95 Å². The summed E-state index contributed by atoms with van der Waals surface area (Å²) in [5, 5.41) is 5.51. The van der Waals surface area contributed by atoms with Crippen molar-refractivity contribution in [2.24, 2.45) is 0 Å². The standard InChI is InChI=1S/C32H26F3N7O2S/c1-41-11-2-3-21(17-41)19-4-7-23(8-5-19)39-30-38-15-22-13-25(29(43)42(28(22)40-30)31-37-10-12-45-31)24-9-6-20(27-16-36-18-44-27)14-26(24)32(33,34)35/h4-10,12-16,18,21H,2-3,11,17H2,1H3,(H,38,39,40). The molecule has 228 valence electrons. The van der Waals surface area contributed by atoms with E-state index in [0.29, 0.717) is 11.3 Å². The molecule has 1 unspecified atom stereocenters. The van der Waals surface area contributed by atoms with Gasteiger partial charge < -0.3 is 14.6 Å². The van der Waals surface area contributed by atoms with Crippen LogP contribution < -0.4 is 10.9 Å². The SMILES string of the molecule is CN1CCCC(c2ccc(Nc3ncc4cc(-c5ccc(-c6cnco6)cc5C(F)(F)F)c(=O)n(-c5nccs5)c4n3)cc2)C1. The Morgan fingerprint density at radius 1 is 1.04 bits per heavy atom. The van der Waals surface area contributed by atoms with E-state index in [4.69, 9.17) is 4.42 Å². The minimum atomic E-state index is -4.76. The van der Waals surface area contributed by atoms with E-state index in [-0.39, 0.29) is 39.2 Å². The van der Waals surface area contributed by atoms with Gasteiger partial charge in [0.15, 0.2) is 22.9 Å². The van der Waals surface area contributed by atoms with Crippen LogP contribution in [-0.2, 0) is 6.18 Å². The molecule has 6 aromatic rings. The van der Waals surface area contributed by atoms with Gasteiger partial charge in [-0.25, -0.2) is 19.5 Å².